The second-order valence-corrected chi connectivity index (χ2v) is 20.1. The summed E-state index contributed by atoms with van der Waals surface area (Å²) in [6, 6.07) is 5.63. The number of hydrogen-bond acceptors (Lipinski definition) is 19. The quantitative estimate of drug-likeness (QED) is 0.0919. The van der Waals surface area contributed by atoms with E-state index >= 15 is 0 Å². The SMILES string of the molecule is CC[C@H]1OC(=O)[C@H](C)[C@@H](OC[C@H]2C[C@@](C)(OC)[C@@H](O)[C@H](C)O2)[C@H](C)[C@@H](O[C@@H]2O[C@H](C)C[C@H](N(C)CCc3cn(CCOc4ccccc4[N+](=O)[O-])nn3)[C@H]2O)[C@](C)(O)CCC(=O)[C@H](C)[C@@H](O)[C@]1(C)O. The molecule has 3 aliphatic rings. The van der Waals surface area contributed by atoms with Gasteiger partial charge in [-0.3, -0.25) is 19.7 Å². The number of hydrogen-bond donors (Lipinski definition) is 5. The van der Waals surface area contributed by atoms with Crippen LogP contribution < -0.4 is 4.74 Å². The molecule has 3 saturated heterocycles. The van der Waals surface area contributed by atoms with E-state index in [-0.39, 0.29) is 50.3 Å². The van der Waals surface area contributed by atoms with E-state index in [1.165, 1.54) is 40.0 Å². The number of rotatable bonds is 16. The first-order valence-corrected chi connectivity index (χ1v) is 24.2. The van der Waals surface area contributed by atoms with Crippen molar-refractivity contribution in [3.8, 4) is 5.75 Å². The topological polar surface area (TPSA) is 277 Å². The molecule has 0 aliphatic carbocycles. The molecule has 5 N–H and O–H groups in total. The highest BCUT2D eigenvalue weighted by Gasteiger charge is 2.52. The standard InChI is InChI=1S/C48H77N5O16/c1-12-38-48(9,60)41(56)28(3)36(54)17-19-46(7,59)43(29(4)40(30(5)44(58)68-38)65-26-33-24-47(8,63-11)42(57)31(6)67-33)69-45-39(55)35(23-27(2)66-45)51(10)20-18-32-25-52(50-49-32)21-22-64-37-16-14-13-15-34(37)53(61)62/h13-16,25,27-31,33,35,38-43,45,55-57,59-60H,12,17-24,26H2,1-11H3/t27-,28+,29+,30-,31+,33-,35+,38-,39-,40+,41-,42+,43-,45+,46-,47-,48-/m1/s1. The Labute approximate surface area is 404 Å². The lowest BCUT2D eigenvalue weighted by Gasteiger charge is -2.48. The fourth-order valence-electron chi connectivity index (χ4n) is 10.1. The summed E-state index contributed by atoms with van der Waals surface area (Å²) in [5.74, 6) is -4.11. The molecule has 0 amide bonds. The van der Waals surface area contributed by atoms with Gasteiger partial charge in [-0.25, -0.2) is 4.68 Å². The molecule has 69 heavy (non-hydrogen) atoms. The maximum Gasteiger partial charge on any atom is 0.311 e. The molecule has 4 heterocycles. The normalized spacial score (nSPS) is 38.6. The van der Waals surface area contributed by atoms with E-state index < -0.39 is 119 Å². The fraction of sp³-hybridized carbons (Fsp3) is 0.792. The van der Waals surface area contributed by atoms with Gasteiger partial charge in [0.15, 0.2) is 12.0 Å². The Balaban J connectivity index is 1.37. The van der Waals surface area contributed by atoms with Crippen molar-refractivity contribution in [2.24, 2.45) is 17.8 Å². The first kappa shape index (κ1) is 56.2. The van der Waals surface area contributed by atoms with E-state index in [0.717, 1.165) is 0 Å². The van der Waals surface area contributed by atoms with E-state index in [9.17, 15) is 45.2 Å². The number of ketones is 1. The number of benzene rings is 1. The predicted octanol–water partition coefficient (Wildman–Crippen LogP) is 2.77. The van der Waals surface area contributed by atoms with Crippen molar-refractivity contribution < 1.29 is 73.2 Å². The molecule has 0 spiro atoms. The molecule has 2 aromatic rings. The van der Waals surface area contributed by atoms with Gasteiger partial charge in [-0.2, -0.15) is 0 Å². The number of aromatic nitrogens is 3. The number of methoxy groups -OCH3 is 1. The zero-order valence-electron chi connectivity index (χ0n) is 42.0. The van der Waals surface area contributed by atoms with E-state index in [4.69, 9.17) is 33.2 Å². The molecule has 1 aromatic heterocycles. The van der Waals surface area contributed by atoms with E-state index in [1.807, 2.05) is 18.9 Å². The van der Waals surface area contributed by atoms with Crippen molar-refractivity contribution in [1.29, 1.82) is 0 Å². The van der Waals surface area contributed by atoms with Crippen molar-refractivity contribution in [3.63, 3.8) is 0 Å². The van der Waals surface area contributed by atoms with Crippen LogP contribution >= 0.6 is 0 Å². The van der Waals surface area contributed by atoms with Crippen LogP contribution in [0.4, 0.5) is 5.69 Å². The number of Topliss-reactive ketones (excluding diaryl/α,β-unsaturated/α-hetero) is 1. The second-order valence-electron chi connectivity index (χ2n) is 20.1. The number of nitro benzene ring substituents is 1. The molecule has 5 rings (SSSR count). The highest BCUT2D eigenvalue weighted by Crippen LogP contribution is 2.39. The number of aliphatic hydroxyl groups is 5. The minimum Gasteiger partial charge on any atom is -0.485 e. The zero-order valence-corrected chi connectivity index (χ0v) is 42.0. The number of likely N-dealkylation sites (N-methyl/N-ethyl adjacent to an activating group) is 1. The average Bonchev–Trinajstić information content (AvgIpc) is 3.77. The first-order valence-electron chi connectivity index (χ1n) is 24.2. The zero-order chi connectivity index (χ0) is 51.2. The van der Waals surface area contributed by atoms with Crippen LogP contribution in [0.5, 0.6) is 5.75 Å². The summed E-state index contributed by atoms with van der Waals surface area (Å²) in [4.78, 5) is 40.8. The summed E-state index contributed by atoms with van der Waals surface area (Å²) in [7, 11) is 3.36. The number of ether oxygens (including phenoxy) is 7. The molecule has 21 heteroatoms. The Morgan fingerprint density at radius 3 is 2.38 bits per heavy atom. The number of aliphatic hydroxyl groups excluding tert-OH is 3. The molecule has 1 aromatic carbocycles. The van der Waals surface area contributed by atoms with Gasteiger partial charge in [0.25, 0.3) is 0 Å². The minimum absolute atomic E-state index is 0.0758. The van der Waals surface area contributed by atoms with Crippen molar-refractivity contribution in [2.45, 2.75) is 191 Å². The molecule has 17 atom stereocenters. The Morgan fingerprint density at radius 2 is 1.71 bits per heavy atom. The number of esters is 1. The Kier molecular flexibility index (Phi) is 19.3. The lowest BCUT2D eigenvalue weighted by molar-refractivity contribution is -0.385. The molecule has 0 saturated carbocycles. The predicted molar refractivity (Wildman–Crippen MR) is 248 cm³/mol. The van der Waals surface area contributed by atoms with Gasteiger partial charge in [-0.15, -0.1) is 5.10 Å². The summed E-state index contributed by atoms with van der Waals surface area (Å²) < 4.78 is 44.7. The molecule has 0 radical (unpaired) electrons. The van der Waals surface area contributed by atoms with Crippen molar-refractivity contribution in [1.82, 2.24) is 19.9 Å². The lowest BCUT2D eigenvalue weighted by atomic mass is 9.77. The highest BCUT2D eigenvalue weighted by atomic mass is 16.7. The third-order valence-electron chi connectivity index (χ3n) is 14.7. The maximum atomic E-state index is 14.3. The third-order valence-corrected chi connectivity index (χ3v) is 14.7. The molecular formula is C48H77N5O16. The number of para-hydroxylation sites is 2. The van der Waals surface area contributed by atoms with Gasteiger partial charge in [-0.1, -0.05) is 38.1 Å². The maximum absolute atomic E-state index is 14.3. The summed E-state index contributed by atoms with van der Waals surface area (Å²) in [5, 5.41) is 78.3. The monoisotopic (exact) mass is 980 g/mol. The van der Waals surface area contributed by atoms with Gasteiger partial charge in [0.2, 0.25) is 0 Å². The van der Waals surface area contributed by atoms with Crippen LogP contribution in [0.25, 0.3) is 0 Å². The summed E-state index contributed by atoms with van der Waals surface area (Å²) in [6.45, 7) is 15.5. The van der Waals surface area contributed by atoms with Crippen LogP contribution in [0, 0.1) is 27.9 Å². The van der Waals surface area contributed by atoms with Crippen LogP contribution in [-0.4, -0.2) is 180 Å². The summed E-state index contributed by atoms with van der Waals surface area (Å²) >= 11 is 0. The van der Waals surface area contributed by atoms with Crippen molar-refractivity contribution >= 4 is 17.4 Å². The molecule has 0 bridgehead atoms. The molecular weight excluding hydrogens is 903 g/mol. The van der Waals surface area contributed by atoms with Crippen LogP contribution in [-0.2, 0) is 51.0 Å². The van der Waals surface area contributed by atoms with Gasteiger partial charge in [0.05, 0.1) is 77.5 Å². The number of nitro groups is 1. The van der Waals surface area contributed by atoms with Crippen LogP contribution in [0.3, 0.4) is 0 Å². The molecule has 21 nitrogen and oxygen atoms in total. The van der Waals surface area contributed by atoms with Crippen molar-refractivity contribution in [2.75, 3.05) is 33.9 Å². The first-order chi connectivity index (χ1) is 32.3. The number of carbonyl (C=O) groups excluding carboxylic acids is 2. The third kappa shape index (κ3) is 13.4. The molecule has 390 valence electrons. The Bertz CT molecular complexity index is 2000. The summed E-state index contributed by atoms with van der Waals surface area (Å²) in [5.41, 5.74) is -4.29. The van der Waals surface area contributed by atoms with Gasteiger partial charge >= 0.3 is 11.7 Å². The van der Waals surface area contributed by atoms with Crippen LogP contribution in [0.2, 0.25) is 0 Å². The van der Waals surface area contributed by atoms with Gasteiger partial charge in [0.1, 0.15) is 36.3 Å². The van der Waals surface area contributed by atoms with Crippen molar-refractivity contribution in [3.05, 3.63) is 46.3 Å². The highest BCUT2D eigenvalue weighted by molar-refractivity contribution is 5.81. The van der Waals surface area contributed by atoms with E-state index in [1.54, 1.807) is 57.6 Å². The van der Waals surface area contributed by atoms with E-state index in [2.05, 4.69) is 10.3 Å². The minimum atomic E-state index is -2.02. The Hall–Kier alpha value is -3.74. The summed E-state index contributed by atoms with van der Waals surface area (Å²) in [6.07, 6.45) is -7.68. The smallest absolute Gasteiger partial charge is 0.311 e. The molecule has 0 unspecified atom stereocenters. The number of nitrogens with zero attached hydrogens (tertiary/aromatic N) is 5. The van der Waals surface area contributed by atoms with Crippen LogP contribution in [0.15, 0.2) is 30.5 Å². The fourth-order valence-corrected chi connectivity index (χ4v) is 10.1. The van der Waals surface area contributed by atoms with E-state index in [0.29, 0.717) is 31.6 Å². The molecule has 3 fully saturated rings. The largest absolute Gasteiger partial charge is 0.485 e. The van der Waals surface area contributed by atoms with Crippen LogP contribution in [0.1, 0.15) is 100 Å². The van der Waals surface area contributed by atoms with Gasteiger partial charge in [0, 0.05) is 63.1 Å². The van der Waals surface area contributed by atoms with Gasteiger partial charge < -0.3 is 63.6 Å². The number of carbonyl (C=O) groups is 2. The molecule has 3 aliphatic heterocycles. The van der Waals surface area contributed by atoms with Gasteiger partial charge in [-0.05, 0) is 73.9 Å². The second kappa shape index (κ2) is 23.7. The number of cyclic esters (lactones) is 1. The lowest BCUT2D eigenvalue weighted by Crippen LogP contribution is -2.60. The average molecular weight is 980 g/mol. The Morgan fingerprint density at radius 1 is 1.01 bits per heavy atom.